The van der Waals surface area contributed by atoms with Gasteiger partial charge in [0, 0.05) is 0 Å². The molecule has 0 unspecified atom stereocenters. The highest BCUT2D eigenvalue weighted by molar-refractivity contribution is 9.10. The van der Waals surface area contributed by atoms with E-state index in [1.54, 1.807) is 0 Å². The van der Waals surface area contributed by atoms with Crippen LogP contribution in [0, 0.1) is 0 Å². The van der Waals surface area contributed by atoms with Crippen LogP contribution in [0.25, 0.3) is 0 Å². The number of benzene rings is 1. The molecule has 0 saturated carbocycles. The summed E-state index contributed by atoms with van der Waals surface area (Å²) in [7, 11) is 0. The van der Waals surface area contributed by atoms with Gasteiger partial charge in [-0.2, -0.15) is 0 Å². The average Bonchev–Trinajstić information content (AvgIpc) is 2.72. The Kier molecular flexibility index (Phi) is 4.19. The van der Waals surface area contributed by atoms with Gasteiger partial charge in [0.25, 0.3) is 0 Å². The van der Waals surface area contributed by atoms with Crippen LogP contribution in [-0.4, -0.2) is 6.54 Å². The van der Waals surface area contributed by atoms with E-state index in [0.717, 1.165) is 29.9 Å². The molecule has 0 fully saturated rings. The molecule has 1 heterocycles. The maximum atomic E-state index is 5.39. The molecule has 0 aliphatic rings. The zero-order valence-electron chi connectivity index (χ0n) is 8.95. The summed E-state index contributed by atoms with van der Waals surface area (Å²) < 4.78 is 6.17. The zero-order valence-corrected chi connectivity index (χ0v) is 10.5. The largest absolute Gasteiger partial charge is 0.453 e. The van der Waals surface area contributed by atoms with Crippen molar-refractivity contribution in [3.8, 4) is 0 Å². The van der Waals surface area contributed by atoms with Crippen molar-refractivity contribution in [1.82, 2.24) is 5.32 Å². The van der Waals surface area contributed by atoms with Crippen LogP contribution in [0.5, 0.6) is 0 Å². The minimum Gasteiger partial charge on any atom is -0.453 e. The van der Waals surface area contributed by atoms with Gasteiger partial charge in [-0.25, -0.2) is 0 Å². The van der Waals surface area contributed by atoms with Gasteiger partial charge in [0.15, 0.2) is 4.67 Å². The van der Waals surface area contributed by atoms with Gasteiger partial charge in [-0.1, -0.05) is 30.3 Å². The van der Waals surface area contributed by atoms with Gasteiger partial charge >= 0.3 is 0 Å². The van der Waals surface area contributed by atoms with Crippen molar-refractivity contribution < 1.29 is 4.42 Å². The Morgan fingerprint density at radius 3 is 2.56 bits per heavy atom. The Morgan fingerprint density at radius 2 is 1.88 bits per heavy atom. The predicted molar refractivity (Wildman–Crippen MR) is 68.3 cm³/mol. The average molecular weight is 280 g/mol. The lowest BCUT2D eigenvalue weighted by Gasteiger charge is -2.02. The van der Waals surface area contributed by atoms with E-state index < -0.39 is 0 Å². The molecule has 2 aromatic rings. The van der Waals surface area contributed by atoms with Crippen LogP contribution in [0.1, 0.15) is 11.3 Å². The highest BCUT2D eigenvalue weighted by Gasteiger charge is 1.98. The molecule has 0 aliphatic carbocycles. The fraction of sp³-hybridized carbons (Fsp3) is 0.231. The molecule has 0 bridgehead atoms. The summed E-state index contributed by atoms with van der Waals surface area (Å²) in [6.45, 7) is 1.74. The number of furan rings is 1. The third kappa shape index (κ3) is 3.51. The SMILES string of the molecule is Brc1ccc(CNCCc2ccccc2)o1. The topological polar surface area (TPSA) is 25.2 Å². The summed E-state index contributed by atoms with van der Waals surface area (Å²) in [5.74, 6) is 0.958. The monoisotopic (exact) mass is 279 g/mol. The summed E-state index contributed by atoms with van der Waals surface area (Å²) in [5.41, 5.74) is 1.36. The van der Waals surface area contributed by atoms with Crippen LogP contribution in [-0.2, 0) is 13.0 Å². The Labute approximate surface area is 104 Å². The molecule has 2 nitrogen and oxygen atoms in total. The second kappa shape index (κ2) is 5.87. The van der Waals surface area contributed by atoms with Gasteiger partial charge in [-0.05, 0) is 46.6 Å². The minimum atomic E-state index is 0.776. The second-order valence-corrected chi connectivity index (χ2v) is 4.40. The van der Waals surface area contributed by atoms with Gasteiger partial charge in [-0.3, -0.25) is 0 Å². The van der Waals surface area contributed by atoms with E-state index in [2.05, 4.69) is 45.5 Å². The highest BCUT2D eigenvalue weighted by atomic mass is 79.9. The molecule has 16 heavy (non-hydrogen) atoms. The molecule has 1 aromatic heterocycles. The van der Waals surface area contributed by atoms with Gasteiger partial charge in [0.1, 0.15) is 5.76 Å². The number of rotatable bonds is 5. The zero-order chi connectivity index (χ0) is 11.2. The maximum absolute atomic E-state index is 5.39. The van der Waals surface area contributed by atoms with Crippen molar-refractivity contribution in [2.45, 2.75) is 13.0 Å². The van der Waals surface area contributed by atoms with Crippen molar-refractivity contribution in [2.24, 2.45) is 0 Å². The summed E-state index contributed by atoms with van der Waals surface area (Å²) in [6.07, 6.45) is 1.04. The third-order valence-corrected chi connectivity index (χ3v) is 2.79. The Morgan fingerprint density at radius 1 is 1.06 bits per heavy atom. The summed E-state index contributed by atoms with van der Waals surface area (Å²) in [5, 5.41) is 3.35. The number of halogens is 1. The molecule has 1 N–H and O–H groups in total. The molecule has 84 valence electrons. The fourth-order valence-corrected chi connectivity index (χ4v) is 1.88. The van der Waals surface area contributed by atoms with Gasteiger partial charge in [-0.15, -0.1) is 0 Å². The standard InChI is InChI=1S/C13H14BrNO/c14-13-7-6-12(16-13)10-15-9-8-11-4-2-1-3-5-11/h1-7,15H,8-10H2. The van der Waals surface area contributed by atoms with E-state index in [1.807, 2.05) is 18.2 Å². The lowest BCUT2D eigenvalue weighted by molar-refractivity contribution is 0.466. The van der Waals surface area contributed by atoms with Crippen molar-refractivity contribution in [3.05, 3.63) is 58.5 Å². The molecule has 0 saturated heterocycles. The molecule has 2 rings (SSSR count). The predicted octanol–water partition coefficient (Wildman–Crippen LogP) is 3.37. The van der Waals surface area contributed by atoms with E-state index in [0.29, 0.717) is 0 Å². The van der Waals surface area contributed by atoms with Crippen molar-refractivity contribution in [3.63, 3.8) is 0 Å². The van der Waals surface area contributed by atoms with Gasteiger partial charge < -0.3 is 9.73 Å². The molecule has 0 amide bonds. The van der Waals surface area contributed by atoms with E-state index in [1.165, 1.54) is 5.56 Å². The van der Waals surface area contributed by atoms with E-state index in [4.69, 9.17) is 4.42 Å². The molecule has 0 spiro atoms. The van der Waals surface area contributed by atoms with Crippen LogP contribution in [0.15, 0.2) is 51.6 Å². The first kappa shape index (κ1) is 11.4. The molecular formula is C13H14BrNO. The maximum Gasteiger partial charge on any atom is 0.169 e. The van der Waals surface area contributed by atoms with Gasteiger partial charge in [0.05, 0.1) is 6.54 Å². The van der Waals surface area contributed by atoms with Crippen LogP contribution < -0.4 is 5.32 Å². The van der Waals surface area contributed by atoms with Crippen LogP contribution >= 0.6 is 15.9 Å². The van der Waals surface area contributed by atoms with E-state index in [-0.39, 0.29) is 0 Å². The first-order valence-electron chi connectivity index (χ1n) is 5.33. The van der Waals surface area contributed by atoms with E-state index >= 15 is 0 Å². The van der Waals surface area contributed by atoms with Crippen molar-refractivity contribution in [1.29, 1.82) is 0 Å². The highest BCUT2D eigenvalue weighted by Crippen LogP contribution is 2.13. The number of hydrogen-bond acceptors (Lipinski definition) is 2. The lowest BCUT2D eigenvalue weighted by Crippen LogP contribution is -2.16. The summed E-state index contributed by atoms with van der Waals surface area (Å²) in [4.78, 5) is 0. The van der Waals surface area contributed by atoms with Crippen molar-refractivity contribution >= 4 is 15.9 Å². The van der Waals surface area contributed by atoms with E-state index in [9.17, 15) is 0 Å². The molecule has 3 heteroatoms. The van der Waals surface area contributed by atoms with Crippen LogP contribution in [0.4, 0.5) is 0 Å². The summed E-state index contributed by atoms with van der Waals surface area (Å²) >= 11 is 3.28. The molecule has 1 aromatic carbocycles. The first-order chi connectivity index (χ1) is 7.84. The molecule has 0 atom stereocenters. The normalized spacial score (nSPS) is 10.6. The Balaban J connectivity index is 1.69. The second-order valence-electron chi connectivity index (χ2n) is 3.62. The third-order valence-electron chi connectivity index (χ3n) is 2.36. The molecular weight excluding hydrogens is 266 g/mol. The molecule has 0 aliphatic heterocycles. The summed E-state index contributed by atoms with van der Waals surface area (Å²) in [6, 6.07) is 14.3. The first-order valence-corrected chi connectivity index (χ1v) is 6.13. The number of hydrogen-bond donors (Lipinski definition) is 1. The minimum absolute atomic E-state index is 0.776. The van der Waals surface area contributed by atoms with Crippen LogP contribution in [0.3, 0.4) is 0 Å². The molecule has 0 radical (unpaired) electrons. The number of nitrogens with one attached hydrogen (secondary N) is 1. The fourth-order valence-electron chi connectivity index (χ4n) is 1.54. The van der Waals surface area contributed by atoms with Crippen molar-refractivity contribution in [2.75, 3.05) is 6.54 Å². The smallest absolute Gasteiger partial charge is 0.169 e. The van der Waals surface area contributed by atoms with Crippen LogP contribution in [0.2, 0.25) is 0 Å². The van der Waals surface area contributed by atoms with Gasteiger partial charge in [0.2, 0.25) is 0 Å². The quantitative estimate of drug-likeness (QED) is 0.849. The Hall–Kier alpha value is -1.06. The Bertz CT molecular complexity index is 425. The lowest BCUT2D eigenvalue weighted by atomic mass is 10.1.